The van der Waals surface area contributed by atoms with E-state index in [0.29, 0.717) is 6.04 Å². The quantitative estimate of drug-likeness (QED) is 0.792. The first-order valence-corrected chi connectivity index (χ1v) is 8.01. The smallest absolute Gasteiger partial charge is 0.251 e. The van der Waals surface area contributed by atoms with Gasteiger partial charge in [0.15, 0.2) is 0 Å². The van der Waals surface area contributed by atoms with E-state index >= 15 is 0 Å². The maximum absolute atomic E-state index is 12.0. The topological polar surface area (TPSA) is 44.4 Å². The van der Waals surface area contributed by atoms with Gasteiger partial charge in [-0.25, -0.2) is 0 Å². The first-order valence-electron chi connectivity index (χ1n) is 8.01. The molecule has 1 aromatic rings. The van der Waals surface area contributed by atoms with Gasteiger partial charge in [-0.3, -0.25) is 4.79 Å². The summed E-state index contributed by atoms with van der Waals surface area (Å²) in [5, 5.41) is 6.05. The van der Waals surface area contributed by atoms with Gasteiger partial charge < -0.3 is 15.5 Å². The van der Waals surface area contributed by atoms with Crippen LogP contribution in [0.25, 0.3) is 0 Å². The highest BCUT2D eigenvalue weighted by atomic mass is 16.1. The summed E-state index contributed by atoms with van der Waals surface area (Å²) in [5.41, 5.74) is 1.74. The molecule has 1 amide bonds. The summed E-state index contributed by atoms with van der Waals surface area (Å²) in [6, 6.07) is 8.25. The fourth-order valence-corrected chi connectivity index (χ4v) is 2.86. The lowest BCUT2D eigenvalue weighted by molar-refractivity contribution is 0.0949. The van der Waals surface area contributed by atoms with Crippen molar-refractivity contribution in [1.82, 2.24) is 10.2 Å². The molecule has 0 saturated carbocycles. The predicted octanol–water partition coefficient (Wildman–Crippen LogP) is 2.72. The standard InChI is InChI=1S/C17H27N3O/c1-14-6-3-4-12-20(14)13-5-11-19-17(21)15-7-9-16(18-2)10-8-15/h7-10,14,18H,3-6,11-13H2,1-2H3,(H,19,21). The molecule has 1 aromatic carbocycles. The second-order valence-corrected chi connectivity index (χ2v) is 5.82. The van der Waals surface area contributed by atoms with E-state index in [1.807, 2.05) is 31.3 Å². The molecule has 21 heavy (non-hydrogen) atoms. The van der Waals surface area contributed by atoms with Gasteiger partial charge in [-0.1, -0.05) is 6.42 Å². The lowest BCUT2D eigenvalue weighted by Gasteiger charge is -2.33. The average molecular weight is 289 g/mol. The Bertz CT molecular complexity index is 444. The van der Waals surface area contributed by atoms with Gasteiger partial charge in [0.1, 0.15) is 0 Å². The van der Waals surface area contributed by atoms with Crippen LogP contribution in [-0.4, -0.2) is 43.5 Å². The van der Waals surface area contributed by atoms with E-state index in [4.69, 9.17) is 0 Å². The highest BCUT2D eigenvalue weighted by molar-refractivity contribution is 5.94. The monoisotopic (exact) mass is 289 g/mol. The van der Waals surface area contributed by atoms with Crippen LogP contribution >= 0.6 is 0 Å². The van der Waals surface area contributed by atoms with Crippen molar-refractivity contribution in [3.8, 4) is 0 Å². The zero-order valence-corrected chi connectivity index (χ0v) is 13.2. The van der Waals surface area contributed by atoms with Crippen LogP contribution in [0, 0.1) is 0 Å². The van der Waals surface area contributed by atoms with E-state index in [0.717, 1.165) is 30.8 Å². The average Bonchev–Trinajstić information content (AvgIpc) is 2.53. The number of rotatable bonds is 6. The third-order valence-electron chi connectivity index (χ3n) is 4.28. The molecule has 1 saturated heterocycles. The van der Waals surface area contributed by atoms with Crippen LogP contribution in [0.1, 0.15) is 43.0 Å². The Kier molecular flexibility index (Phi) is 6.05. The summed E-state index contributed by atoms with van der Waals surface area (Å²) in [6.45, 7) is 5.34. The molecule has 0 aromatic heterocycles. The van der Waals surface area contributed by atoms with Crippen LogP contribution in [0.2, 0.25) is 0 Å². The van der Waals surface area contributed by atoms with Gasteiger partial charge in [0.05, 0.1) is 0 Å². The molecule has 1 aliphatic rings. The normalized spacial score (nSPS) is 19.2. The first kappa shape index (κ1) is 15.8. The molecule has 0 bridgehead atoms. The highest BCUT2D eigenvalue weighted by Gasteiger charge is 2.17. The third-order valence-corrected chi connectivity index (χ3v) is 4.28. The maximum atomic E-state index is 12.0. The number of amides is 1. The van der Waals surface area contributed by atoms with Gasteiger partial charge in [0, 0.05) is 37.4 Å². The Labute approximate surface area is 127 Å². The molecule has 0 radical (unpaired) electrons. The van der Waals surface area contributed by atoms with E-state index in [1.165, 1.54) is 25.8 Å². The number of piperidine rings is 1. The van der Waals surface area contributed by atoms with E-state index in [-0.39, 0.29) is 5.91 Å². The molecule has 116 valence electrons. The second-order valence-electron chi connectivity index (χ2n) is 5.82. The van der Waals surface area contributed by atoms with Crippen LogP contribution in [0.3, 0.4) is 0 Å². The number of carbonyl (C=O) groups excluding carboxylic acids is 1. The minimum atomic E-state index is 0.0179. The van der Waals surface area contributed by atoms with Crippen molar-refractivity contribution in [1.29, 1.82) is 0 Å². The van der Waals surface area contributed by atoms with Gasteiger partial charge in [0.25, 0.3) is 5.91 Å². The summed E-state index contributed by atoms with van der Waals surface area (Å²) in [4.78, 5) is 14.6. The summed E-state index contributed by atoms with van der Waals surface area (Å²) >= 11 is 0. The molecule has 2 rings (SSSR count). The Morgan fingerprint density at radius 3 is 2.71 bits per heavy atom. The first-order chi connectivity index (χ1) is 10.2. The molecule has 1 atom stereocenters. The molecule has 4 heteroatoms. The van der Waals surface area contributed by atoms with Crippen molar-refractivity contribution in [3.05, 3.63) is 29.8 Å². The van der Waals surface area contributed by atoms with Crippen molar-refractivity contribution in [2.45, 2.75) is 38.6 Å². The second kappa shape index (κ2) is 8.03. The number of anilines is 1. The zero-order chi connectivity index (χ0) is 15.1. The molecule has 0 aliphatic carbocycles. The number of nitrogens with zero attached hydrogens (tertiary/aromatic N) is 1. The molecule has 1 aliphatic heterocycles. The minimum Gasteiger partial charge on any atom is -0.388 e. The molecule has 1 fully saturated rings. The molecular weight excluding hydrogens is 262 g/mol. The molecule has 2 N–H and O–H groups in total. The molecular formula is C17H27N3O. The van der Waals surface area contributed by atoms with Crippen LogP contribution < -0.4 is 10.6 Å². The minimum absolute atomic E-state index is 0.0179. The number of carbonyl (C=O) groups is 1. The largest absolute Gasteiger partial charge is 0.388 e. The lowest BCUT2D eigenvalue weighted by atomic mass is 10.0. The summed E-state index contributed by atoms with van der Waals surface area (Å²) < 4.78 is 0. The van der Waals surface area contributed by atoms with Crippen molar-refractivity contribution < 1.29 is 4.79 Å². The van der Waals surface area contributed by atoms with Crippen LogP contribution in [0.15, 0.2) is 24.3 Å². The lowest BCUT2D eigenvalue weighted by Crippen LogP contribution is -2.39. The van der Waals surface area contributed by atoms with Gasteiger partial charge in [0.2, 0.25) is 0 Å². The van der Waals surface area contributed by atoms with Crippen LogP contribution in [0.5, 0.6) is 0 Å². The Morgan fingerprint density at radius 2 is 2.05 bits per heavy atom. The van der Waals surface area contributed by atoms with E-state index in [9.17, 15) is 4.79 Å². The predicted molar refractivity (Wildman–Crippen MR) is 87.8 cm³/mol. The van der Waals surface area contributed by atoms with Crippen LogP contribution in [0.4, 0.5) is 5.69 Å². The highest BCUT2D eigenvalue weighted by Crippen LogP contribution is 2.16. The number of hydrogen-bond acceptors (Lipinski definition) is 3. The summed E-state index contributed by atoms with van der Waals surface area (Å²) in [7, 11) is 1.87. The SMILES string of the molecule is CNc1ccc(C(=O)NCCCN2CCCCC2C)cc1. The molecule has 0 spiro atoms. The van der Waals surface area contributed by atoms with E-state index in [1.54, 1.807) is 0 Å². The Balaban J connectivity index is 1.68. The van der Waals surface area contributed by atoms with Gasteiger partial charge in [-0.15, -0.1) is 0 Å². The number of nitrogens with one attached hydrogen (secondary N) is 2. The zero-order valence-electron chi connectivity index (χ0n) is 13.2. The summed E-state index contributed by atoms with van der Waals surface area (Å²) in [6.07, 6.45) is 5.00. The summed E-state index contributed by atoms with van der Waals surface area (Å²) in [5.74, 6) is 0.0179. The molecule has 1 unspecified atom stereocenters. The molecule has 4 nitrogen and oxygen atoms in total. The Morgan fingerprint density at radius 1 is 1.29 bits per heavy atom. The van der Waals surface area contributed by atoms with Crippen LogP contribution in [-0.2, 0) is 0 Å². The van der Waals surface area contributed by atoms with Crippen molar-refractivity contribution >= 4 is 11.6 Å². The fourth-order valence-electron chi connectivity index (χ4n) is 2.86. The third kappa shape index (κ3) is 4.74. The van der Waals surface area contributed by atoms with Crippen molar-refractivity contribution in [3.63, 3.8) is 0 Å². The van der Waals surface area contributed by atoms with Gasteiger partial charge in [-0.2, -0.15) is 0 Å². The number of hydrogen-bond donors (Lipinski definition) is 2. The van der Waals surface area contributed by atoms with Crippen molar-refractivity contribution in [2.24, 2.45) is 0 Å². The van der Waals surface area contributed by atoms with E-state index < -0.39 is 0 Å². The number of benzene rings is 1. The molecule has 1 heterocycles. The fraction of sp³-hybridized carbons (Fsp3) is 0.588. The van der Waals surface area contributed by atoms with E-state index in [2.05, 4.69) is 22.5 Å². The number of likely N-dealkylation sites (tertiary alicyclic amines) is 1. The Hall–Kier alpha value is -1.55. The van der Waals surface area contributed by atoms with Gasteiger partial charge in [-0.05, 0) is 57.0 Å². The maximum Gasteiger partial charge on any atom is 0.251 e. The van der Waals surface area contributed by atoms with Gasteiger partial charge >= 0.3 is 0 Å². The van der Waals surface area contributed by atoms with Crippen molar-refractivity contribution in [2.75, 3.05) is 32.0 Å².